The molecular formula is C7H15NO2. The molecule has 60 valence electrons. The first kappa shape index (κ1) is 9.43. The molecule has 0 aromatic heterocycles. The predicted molar refractivity (Wildman–Crippen MR) is 39.5 cm³/mol. The van der Waals surface area contributed by atoms with Crippen molar-refractivity contribution in [3.8, 4) is 0 Å². The number of carbonyl (C=O) groups excluding carboxylic acids is 1. The molecule has 0 aliphatic heterocycles. The Hall–Kier alpha value is -0.570. The fraction of sp³-hybridized carbons (Fsp3) is 0.857. The van der Waals surface area contributed by atoms with Gasteiger partial charge in [-0.25, -0.2) is 0 Å². The van der Waals surface area contributed by atoms with Crippen molar-refractivity contribution < 1.29 is 9.53 Å². The molecule has 0 rings (SSSR count). The zero-order chi connectivity index (χ0) is 7.98. The molecule has 3 heteroatoms. The maximum atomic E-state index is 10.2. The van der Waals surface area contributed by atoms with Gasteiger partial charge in [0.2, 0.25) is 5.91 Å². The number of carbonyl (C=O) groups is 1. The number of ether oxygens (including phenoxy) is 1. The van der Waals surface area contributed by atoms with E-state index in [0.29, 0.717) is 13.0 Å². The number of amides is 1. The summed E-state index contributed by atoms with van der Waals surface area (Å²) in [4.78, 5) is 10.2. The highest BCUT2D eigenvalue weighted by molar-refractivity contribution is 5.73. The first-order chi connectivity index (χ1) is 4.66. The summed E-state index contributed by atoms with van der Waals surface area (Å²) in [6, 6.07) is 0. The van der Waals surface area contributed by atoms with Crippen LogP contribution in [-0.4, -0.2) is 18.6 Å². The Kier molecular flexibility index (Phi) is 4.94. The number of primary amides is 1. The first-order valence-electron chi connectivity index (χ1n) is 3.56. The Labute approximate surface area is 61.5 Å². The van der Waals surface area contributed by atoms with E-state index in [4.69, 9.17) is 10.5 Å². The van der Waals surface area contributed by atoms with Crippen LogP contribution in [0.3, 0.4) is 0 Å². The molecule has 0 heterocycles. The van der Waals surface area contributed by atoms with E-state index in [-0.39, 0.29) is 12.0 Å². The molecule has 0 fully saturated rings. The van der Waals surface area contributed by atoms with Gasteiger partial charge < -0.3 is 10.5 Å². The molecule has 0 spiro atoms. The van der Waals surface area contributed by atoms with E-state index in [0.717, 1.165) is 6.42 Å². The van der Waals surface area contributed by atoms with Crippen molar-refractivity contribution in [1.82, 2.24) is 0 Å². The second kappa shape index (κ2) is 5.23. The third-order valence-electron chi connectivity index (χ3n) is 1.33. The van der Waals surface area contributed by atoms with E-state index >= 15 is 0 Å². The number of nitrogens with two attached hydrogens (primary N) is 1. The zero-order valence-corrected chi connectivity index (χ0v) is 6.59. The van der Waals surface area contributed by atoms with Gasteiger partial charge in [0.25, 0.3) is 0 Å². The lowest BCUT2D eigenvalue weighted by molar-refractivity contribution is -0.119. The van der Waals surface area contributed by atoms with Crippen LogP contribution in [0.2, 0.25) is 0 Å². The van der Waals surface area contributed by atoms with Crippen LogP contribution in [0.15, 0.2) is 0 Å². The normalized spacial score (nSPS) is 13.0. The lowest BCUT2D eigenvalue weighted by atomic mass is 10.3. The number of rotatable bonds is 5. The summed E-state index contributed by atoms with van der Waals surface area (Å²) in [5.41, 5.74) is 4.90. The third-order valence-corrected chi connectivity index (χ3v) is 1.33. The average Bonchev–Trinajstić information content (AvgIpc) is 1.87. The van der Waals surface area contributed by atoms with Crippen LogP contribution < -0.4 is 5.73 Å². The summed E-state index contributed by atoms with van der Waals surface area (Å²) in [5.74, 6) is -0.302. The van der Waals surface area contributed by atoms with Crippen LogP contribution in [0.4, 0.5) is 0 Å². The van der Waals surface area contributed by atoms with Crippen molar-refractivity contribution in [3.05, 3.63) is 0 Å². The summed E-state index contributed by atoms with van der Waals surface area (Å²) in [5, 5.41) is 0. The van der Waals surface area contributed by atoms with E-state index in [1.165, 1.54) is 0 Å². The van der Waals surface area contributed by atoms with Gasteiger partial charge in [-0.05, 0) is 13.3 Å². The maximum Gasteiger partial charge on any atom is 0.219 e. The highest BCUT2D eigenvalue weighted by Gasteiger charge is 1.98. The summed E-state index contributed by atoms with van der Waals surface area (Å²) in [7, 11) is 0. The highest BCUT2D eigenvalue weighted by atomic mass is 16.5. The minimum absolute atomic E-state index is 0.236. The molecule has 0 aromatic carbocycles. The molecule has 1 amide bonds. The molecule has 0 aliphatic rings. The summed E-state index contributed by atoms with van der Waals surface area (Å²) in [6.45, 7) is 4.46. The monoisotopic (exact) mass is 145 g/mol. The number of hydrogen-bond donors (Lipinski definition) is 1. The largest absolute Gasteiger partial charge is 0.378 e. The molecule has 0 saturated heterocycles. The topological polar surface area (TPSA) is 52.3 Å². The second-order valence-electron chi connectivity index (χ2n) is 2.31. The third kappa shape index (κ3) is 5.56. The van der Waals surface area contributed by atoms with Gasteiger partial charge >= 0.3 is 0 Å². The summed E-state index contributed by atoms with van der Waals surface area (Å²) in [6.07, 6.45) is 1.53. The van der Waals surface area contributed by atoms with Gasteiger partial charge in [-0.1, -0.05) is 6.92 Å². The number of hydrogen-bond acceptors (Lipinski definition) is 2. The van der Waals surface area contributed by atoms with Crippen LogP contribution in [0, 0.1) is 0 Å². The van der Waals surface area contributed by atoms with Crippen LogP contribution in [0.25, 0.3) is 0 Å². The van der Waals surface area contributed by atoms with Crippen molar-refractivity contribution in [3.63, 3.8) is 0 Å². The van der Waals surface area contributed by atoms with Gasteiger partial charge in [-0.15, -0.1) is 0 Å². The average molecular weight is 145 g/mol. The maximum absolute atomic E-state index is 10.2. The van der Waals surface area contributed by atoms with Crippen molar-refractivity contribution in [1.29, 1.82) is 0 Å². The molecule has 1 atom stereocenters. The Balaban J connectivity index is 3.11. The fourth-order valence-corrected chi connectivity index (χ4v) is 0.479. The van der Waals surface area contributed by atoms with E-state index in [9.17, 15) is 4.79 Å². The molecule has 0 saturated carbocycles. The lowest BCUT2D eigenvalue weighted by Gasteiger charge is -2.08. The first-order valence-corrected chi connectivity index (χ1v) is 3.56. The fourth-order valence-electron chi connectivity index (χ4n) is 0.479. The molecule has 3 nitrogen and oxygen atoms in total. The van der Waals surface area contributed by atoms with Gasteiger partial charge in [-0.2, -0.15) is 0 Å². The highest BCUT2D eigenvalue weighted by Crippen LogP contribution is 1.95. The predicted octanol–water partition coefficient (Wildman–Crippen LogP) is 0.677. The van der Waals surface area contributed by atoms with E-state index in [1.54, 1.807) is 0 Å². The molecule has 0 aliphatic carbocycles. The summed E-state index contributed by atoms with van der Waals surface area (Å²) < 4.78 is 5.20. The van der Waals surface area contributed by atoms with Gasteiger partial charge in [0.15, 0.2) is 0 Å². The van der Waals surface area contributed by atoms with Gasteiger partial charge in [0, 0.05) is 6.42 Å². The summed E-state index contributed by atoms with van der Waals surface area (Å²) >= 11 is 0. The van der Waals surface area contributed by atoms with Crippen molar-refractivity contribution in [2.24, 2.45) is 5.73 Å². The van der Waals surface area contributed by atoms with Crippen LogP contribution in [0.5, 0.6) is 0 Å². The molecule has 0 radical (unpaired) electrons. The lowest BCUT2D eigenvalue weighted by Crippen LogP contribution is -2.16. The Morgan fingerprint density at radius 2 is 2.30 bits per heavy atom. The Morgan fingerprint density at radius 3 is 2.70 bits per heavy atom. The SMILES string of the molecule is CCC(C)OCCC(N)=O. The van der Waals surface area contributed by atoms with Gasteiger partial charge in [0.1, 0.15) is 0 Å². The minimum Gasteiger partial charge on any atom is -0.378 e. The standard InChI is InChI=1S/C7H15NO2/c1-3-6(2)10-5-4-7(8)9/h6H,3-5H2,1-2H3,(H2,8,9). The molecule has 0 aromatic rings. The Bertz CT molecular complexity index is 104. The van der Waals surface area contributed by atoms with Crippen LogP contribution in [-0.2, 0) is 9.53 Å². The van der Waals surface area contributed by atoms with Crippen LogP contribution >= 0.6 is 0 Å². The Morgan fingerprint density at radius 1 is 1.70 bits per heavy atom. The van der Waals surface area contributed by atoms with Gasteiger partial charge in [-0.3, -0.25) is 4.79 Å². The molecule has 10 heavy (non-hydrogen) atoms. The zero-order valence-electron chi connectivity index (χ0n) is 6.59. The van der Waals surface area contributed by atoms with Crippen molar-refractivity contribution >= 4 is 5.91 Å². The van der Waals surface area contributed by atoms with E-state index < -0.39 is 0 Å². The van der Waals surface area contributed by atoms with Gasteiger partial charge in [0.05, 0.1) is 12.7 Å². The van der Waals surface area contributed by atoms with Crippen molar-refractivity contribution in [2.45, 2.75) is 32.8 Å². The van der Waals surface area contributed by atoms with Crippen LogP contribution in [0.1, 0.15) is 26.7 Å². The molecule has 2 N–H and O–H groups in total. The molecule has 0 bridgehead atoms. The minimum atomic E-state index is -0.302. The quantitative estimate of drug-likeness (QED) is 0.618. The molecule has 1 unspecified atom stereocenters. The van der Waals surface area contributed by atoms with E-state index in [1.807, 2.05) is 13.8 Å². The second-order valence-corrected chi connectivity index (χ2v) is 2.31. The van der Waals surface area contributed by atoms with E-state index in [2.05, 4.69) is 0 Å². The molecular weight excluding hydrogens is 130 g/mol. The van der Waals surface area contributed by atoms with Crippen molar-refractivity contribution in [2.75, 3.05) is 6.61 Å². The smallest absolute Gasteiger partial charge is 0.219 e.